The summed E-state index contributed by atoms with van der Waals surface area (Å²) in [4.78, 5) is 14.8. The fraction of sp³-hybridized carbons (Fsp3) is 0. The molecule has 4 nitrogen and oxygen atoms in total. The van der Waals surface area contributed by atoms with Crippen molar-refractivity contribution < 1.29 is 4.79 Å². The van der Waals surface area contributed by atoms with Crippen LogP contribution in [-0.4, -0.2) is 11.4 Å². The van der Waals surface area contributed by atoms with Gasteiger partial charge in [-0.05, 0) is 35.4 Å². The SMILES string of the molecule is O=CNNc1cc(-c2ccc(Cl)cc2)c(-c2ccccc2Cl)cn1. The Bertz CT molecular complexity index is 866. The van der Waals surface area contributed by atoms with E-state index in [2.05, 4.69) is 15.8 Å². The molecule has 0 aliphatic heterocycles. The van der Waals surface area contributed by atoms with Crippen molar-refractivity contribution in [1.29, 1.82) is 0 Å². The van der Waals surface area contributed by atoms with Crippen molar-refractivity contribution in [3.05, 3.63) is 70.8 Å². The van der Waals surface area contributed by atoms with E-state index in [1.807, 2.05) is 54.6 Å². The fourth-order valence-electron chi connectivity index (χ4n) is 2.39. The molecule has 0 bridgehead atoms. The van der Waals surface area contributed by atoms with Gasteiger partial charge < -0.3 is 0 Å². The molecule has 1 amide bonds. The van der Waals surface area contributed by atoms with Crippen molar-refractivity contribution >= 4 is 35.4 Å². The molecule has 0 aliphatic rings. The van der Waals surface area contributed by atoms with Crippen molar-refractivity contribution in [3.63, 3.8) is 0 Å². The van der Waals surface area contributed by atoms with Crippen molar-refractivity contribution in [2.75, 3.05) is 5.43 Å². The van der Waals surface area contributed by atoms with Gasteiger partial charge in [0.1, 0.15) is 5.82 Å². The second-order valence-electron chi connectivity index (χ2n) is 4.99. The topological polar surface area (TPSA) is 54.0 Å². The number of carbonyl (C=O) groups excluding carboxylic acids is 1. The smallest absolute Gasteiger partial charge is 0.225 e. The van der Waals surface area contributed by atoms with Gasteiger partial charge in [-0.3, -0.25) is 15.6 Å². The second kappa shape index (κ2) is 7.34. The van der Waals surface area contributed by atoms with Crippen LogP contribution in [0.4, 0.5) is 5.82 Å². The summed E-state index contributed by atoms with van der Waals surface area (Å²) in [6.45, 7) is 0. The minimum atomic E-state index is 0.517. The van der Waals surface area contributed by atoms with Crippen LogP contribution in [0.3, 0.4) is 0 Å². The number of anilines is 1. The van der Waals surface area contributed by atoms with Crippen LogP contribution >= 0.6 is 23.2 Å². The molecule has 6 heteroatoms. The summed E-state index contributed by atoms with van der Waals surface area (Å²) in [6.07, 6.45) is 2.27. The molecule has 1 heterocycles. The molecular weight excluding hydrogens is 345 g/mol. The molecule has 0 aliphatic carbocycles. The van der Waals surface area contributed by atoms with E-state index in [0.717, 1.165) is 22.3 Å². The third kappa shape index (κ3) is 3.50. The first-order chi connectivity index (χ1) is 11.7. The molecule has 0 saturated heterocycles. The molecule has 0 radical (unpaired) electrons. The summed E-state index contributed by atoms with van der Waals surface area (Å²) in [5.41, 5.74) is 8.76. The highest BCUT2D eigenvalue weighted by Gasteiger charge is 2.12. The van der Waals surface area contributed by atoms with Gasteiger partial charge in [0.15, 0.2) is 0 Å². The highest BCUT2D eigenvalue weighted by molar-refractivity contribution is 6.33. The van der Waals surface area contributed by atoms with Crippen LogP contribution in [0.15, 0.2) is 60.8 Å². The maximum Gasteiger partial charge on any atom is 0.225 e. The molecule has 24 heavy (non-hydrogen) atoms. The van der Waals surface area contributed by atoms with Gasteiger partial charge >= 0.3 is 0 Å². The van der Waals surface area contributed by atoms with E-state index in [0.29, 0.717) is 22.3 Å². The Balaban J connectivity index is 2.15. The first kappa shape index (κ1) is 16.3. The largest absolute Gasteiger partial charge is 0.282 e. The lowest BCUT2D eigenvalue weighted by atomic mass is 9.96. The molecule has 2 aromatic carbocycles. The Kier molecular flexibility index (Phi) is 4.99. The number of hydrogen-bond acceptors (Lipinski definition) is 3. The Morgan fingerprint density at radius 1 is 0.917 bits per heavy atom. The van der Waals surface area contributed by atoms with Crippen LogP contribution in [0.1, 0.15) is 0 Å². The predicted octanol–water partition coefficient (Wildman–Crippen LogP) is 4.80. The molecule has 1 aromatic heterocycles. The van der Waals surface area contributed by atoms with Crippen LogP contribution in [0.2, 0.25) is 10.0 Å². The van der Waals surface area contributed by atoms with Crippen molar-refractivity contribution in [3.8, 4) is 22.3 Å². The summed E-state index contributed by atoms with van der Waals surface area (Å²) in [5.74, 6) is 0.517. The van der Waals surface area contributed by atoms with Gasteiger partial charge in [0.2, 0.25) is 6.41 Å². The maximum absolute atomic E-state index is 10.5. The summed E-state index contributed by atoms with van der Waals surface area (Å²) >= 11 is 12.3. The van der Waals surface area contributed by atoms with Crippen LogP contribution in [0.5, 0.6) is 0 Å². The number of pyridine rings is 1. The highest BCUT2D eigenvalue weighted by atomic mass is 35.5. The zero-order valence-corrected chi connectivity index (χ0v) is 14.0. The number of nitrogens with zero attached hydrogens (tertiary/aromatic N) is 1. The Morgan fingerprint density at radius 3 is 2.38 bits per heavy atom. The van der Waals surface area contributed by atoms with Gasteiger partial charge in [-0.25, -0.2) is 4.98 Å². The third-order valence-corrected chi connectivity index (χ3v) is 4.06. The van der Waals surface area contributed by atoms with Gasteiger partial charge in [0.25, 0.3) is 0 Å². The van der Waals surface area contributed by atoms with Gasteiger partial charge in [0.05, 0.1) is 0 Å². The van der Waals surface area contributed by atoms with Gasteiger partial charge in [0, 0.05) is 27.4 Å². The number of hydrogen-bond donors (Lipinski definition) is 2. The van der Waals surface area contributed by atoms with E-state index in [1.54, 1.807) is 6.20 Å². The molecule has 0 saturated carbocycles. The van der Waals surface area contributed by atoms with E-state index in [9.17, 15) is 4.79 Å². The van der Waals surface area contributed by atoms with Crippen molar-refractivity contribution in [2.24, 2.45) is 0 Å². The van der Waals surface area contributed by atoms with Crippen molar-refractivity contribution in [1.82, 2.24) is 10.4 Å². The number of halogens is 2. The van der Waals surface area contributed by atoms with Crippen LogP contribution in [0, 0.1) is 0 Å². The Morgan fingerprint density at radius 2 is 1.67 bits per heavy atom. The van der Waals surface area contributed by atoms with Gasteiger partial charge in [-0.15, -0.1) is 0 Å². The molecule has 3 rings (SSSR count). The average Bonchev–Trinajstić information content (AvgIpc) is 2.61. The number of hydrazine groups is 1. The van der Waals surface area contributed by atoms with Crippen LogP contribution < -0.4 is 10.9 Å². The standard InChI is InChI=1S/C18H13Cl2N3O/c19-13-7-5-12(6-8-13)15-9-18(23-22-11-24)21-10-16(15)14-3-1-2-4-17(14)20/h1-11H,(H,21,23)(H,22,24). The Hall–Kier alpha value is -2.56. The second-order valence-corrected chi connectivity index (χ2v) is 5.83. The number of carbonyl (C=O) groups is 1. The maximum atomic E-state index is 10.5. The van der Waals surface area contributed by atoms with Crippen molar-refractivity contribution in [2.45, 2.75) is 0 Å². The molecule has 3 aromatic rings. The summed E-state index contributed by atoms with van der Waals surface area (Å²) in [5, 5.41) is 1.30. The zero-order valence-electron chi connectivity index (χ0n) is 12.5. The molecular formula is C18H13Cl2N3O. The van der Waals surface area contributed by atoms with E-state index in [4.69, 9.17) is 23.2 Å². The monoisotopic (exact) mass is 357 g/mol. The molecule has 2 N–H and O–H groups in total. The summed E-state index contributed by atoms with van der Waals surface area (Å²) < 4.78 is 0. The third-order valence-electron chi connectivity index (χ3n) is 3.48. The van der Waals surface area contributed by atoms with Gasteiger partial charge in [-0.2, -0.15) is 0 Å². The van der Waals surface area contributed by atoms with E-state index >= 15 is 0 Å². The molecule has 0 atom stereocenters. The lowest BCUT2D eigenvalue weighted by Gasteiger charge is -2.13. The fourth-order valence-corrected chi connectivity index (χ4v) is 2.75. The first-order valence-electron chi connectivity index (χ1n) is 7.15. The van der Waals surface area contributed by atoms with Crippen LogP contribution in [0.25, 0.3) is 22.3 Å². The number of aromatic nitrogens is 1. The lowest BCUT2D eigenvalue weighted by molar-refractivity contribution is -0.109. The van der Waals surface area contributed by atoms with Crippen LogP contribution in [-0.2, 0) is 4.79 Å². The first-order valence-corrected chi connectivity index (χ1v) is 7.90. The predicted molar refractivity (Wildman–Crippen MR) is 98.0 cm³/mol. The van der Waals surface area contributed by atoms with E-state index in [1.165, 1.54) is 0 Å². The molecule has 0 fully saturated rings. The Labute approximate surface area is 149 Å². The number of rotatable bonds is 5. The quantitative estimate of drug-likeness (QED) is 0.509. The zero-order chi connectivity index (χ0) is 16.9. The number of nitrogens with one attached hydrogen (secondary N) is 2. The number of amides is 1. The molecule has 0 unspecified atom stereocenters. The summed E-state index contributed by atoms with van der Waals surface area (Å²) in [6, 6.07) is 16.9. The average molecular weight is 358 g/mol. The number of benzene rings is 2. The normalized spacial score (nSPS) is 10.2. The van der Waals surface area contributed by atoms with E-state index < -0.39 is 0 Å². The highest BCUT2D eigenvalue weighted by Crippen LogP contribution is 2.36. The minimum absolute atomic E-state index is 0.517. The van der Waals surface area contributed by atoms with E-state index in [-0.39, 0.29) is 0 Å². The molecule has 0 spiro atoms. The van der Waals surface area contributed by atoms with Gasteiger partial charge in [-0.1, -0.05) is 53.5 Å². The summed E-state index contributed by atoms with van der Waals surface area (Å²) in [7, 11) is 0. The molecule has 120 valence electrons. The minimum Gasteiger partial charge on any atom is -0.282 e. The lowest BCUT2D eigenvalue weighted by Crippen LogP contribution is -2.19.